The maximum absolute atomic E-state index is 13.3. The summed E-state index contributed by atoms with van der Waals surface area (Å²) in [5.74, 6) is -1.55. The Balaban J connectivity index is 1.72. The average Bonchev–Trinajstić information content (AvgIpc) is 2.86. The highest BCUT2D eigenvalue weighted by atomic mass is 127. The zero-order chi connectivity index (χ0) is 28.5. The van der Waals surface area contributed by atoms with Gasteiger partial charge in [0.1, 0.15) is 10.5 Å². The van der Waals surface area contributed by atoms with Crippen LogP contribution < -0.4 is 19.1 Å². The van der Waals surface area contributed by atoms with Gasteiger partial charge in [0.25, 0.3) is 11.8 Å². The number of anilines is 1. The van der Waals surface area contributed by atoms with Crippen LogP contribution in [0.1, 0.15) is 29.2 Å². The van der Waals surface area contributed by atoms with Crippen LogP contribution in [0.3, 0.4) is 0 Å². The van der Waals surface area contributed by atoms with Crippen molar-refractivity contribution in [2.75, 3.05) is 11.5 Å². The van der Waals surface area contributed by atoms with Crippen molar-refractivity contribution in [3.8, 4) is 11.5 Å². The van der Waals surface area contributed by atoms with Crippen LogP contribution in [0.4, 0.5) is 10.5 Å². The molecule has 0 aromatic heterocycles. The topological polar surface area (TPSA) is 119 Å². The molecule has 4 amide bonds. The lowest BCUT2D eigenvalue weighted by molar-refractivity contribution is -0.122. The first-order valence-electron chi connectivity index (χ1n) is 11.9. The number of urea groups is 1. The van der Waals surface area contributed by atoms with E-state index in [1.807, 2.05) is 43.4 Å². The summed E-state index contributed by atoms with van der Waals surface area (Å²) in [6.07, 6.45) is 1.32. The van der Waals surface area contributed by atoms with Crippen LogP contribution in [-0.2, 0) is 19.7 Å². The lowest BCUT2D eigenvalue weighted by Gasteiger charge is -2.27. The second-order valence-corrected chi connectivity index (χ2v) is 11.5. The van der Waals surface area contributed by atoms with Crippen LogP contribution in [0.15, 0.2) is 65.1 Å². The Morgan fingerprint density at radius 2 is 1.64 bits per heavy atom. The van der Waals surface area contributed by atoms with E-state index in [9.17, 15) is 22.8 Å². The van der Waals surface area contributed by atoms with Crippen molar-refractivity contribution >= 4 is 62.3 Å². The Bertz CT molecular complexity index is 1630. The van der Waals surface area contributed by atoms with Crippen molar-refractivity contribution in [3.63, 3.8) is 0 Å². The van der Waals surface area contributed by atoms with Gasteiger partial charge in [-0.25, -0.2) is 9.69 Å². The third-order valence-corrected chi connectivity index (χ3v) is 8.03. The van der Waals surface area contributed by atoms with Gasteiger partial charge in [0.05, 0.1) is 15.9 Å². The first-order valence-corrected chi connectivity index (χ1v) is 14.4. The van der Waals surface area contributed by atoms with Gasteiger partial charge in [0, 0.05) is 0 Å². The highest BCUT2D eigenvalue weighted by Crippen LogP contribution is 2.37. The zero-order valence-corrected chi connectivity index (χ0v) is 24.5. The molecule has 0 spiro atoms. The molecular formula is C28H25IN2O7S. The van der Waals surface area contributed by atoms with E-state index in [1.165, 1.54) is 24.3 Å². The lowest BCUT2D eigenvalue weighted by atomic mass is 10.0. The van der Waals surface area contributed by atoms with Crippen LogP contribution in [0.25, 0.3) is 6.08 Å². The quantitative estimate of drug-likeness (QED) is 0.163. The number of amides is 4. The first kappa shape index (κ1) is 28.3. The lowest BCUT2D eigenvalue weighted by Crippen LogP contribution is -2.54. The normalized spacial score (nSPS) is 14.9. The molecule has 1 saturated heterocycles. The minimum absolute atomic E-state index is 0.0156. The van der Waals surface area contributed by atoms with E-state index in [0.717, 1.165) is 21.6 Å². The number of halogens is 1. The smallest absolute Gasteiger partial charge is 0.339 e. The molecule has 11 heteroatoms. The van der Waals surface area contributed by atoms with Crippen LogP contribution in [0.2, 0.25) is 0 Å². The molecule has 39 heavy (non-hydrogen) atoms. The van der Waals surface area contributed by atoms with Crippen molar-refractivity contribution in [3.05, 3.63) is 86.0 Å². The minimum atomic E-state index is -4.16. The highest BCUT2D eigenvalue weighted by Gasteiger charge is 2.37. The molecule has 1 aliphatic heterocycles. The second kappa shape index (κ2) is 11.2. The summed E-state index contributed by atoms with van der Waals surface area (Å²) < 4.78 is 37.3. The number of benzene rings is 3. The van der Waals surface area contributed by atoms with E-state index in [4.69, 9.17) is 8.92 Å². The van der Waals surface area contributed by atoms with Crippen LogP contribution in [-0.4, -0.2) is 32.9 Å². The number of ether oxygens (including phenoxy) is 1. The summed E-state index contributed by atoms with van der Waals surface area (Å²) >= 11 is 1.90. The molecule has 0 saturated carbocycles. The number of rotatable bonds is 7. The highest BCUT2D eigenvalue weighted by molar-refractivity contribution is 14.1. The average molecular weight is 660 g/mol. The van der Waals surface area contributed by atoms with E-state index in [1.54, 1.807) is 43.3 Å². The molecule has 3 aromatic rings. The fourth-order valence-electron chi connectivity index (χ4n) is 3.80. The summed E-state index contributed by atoms with van der Waals surface area (Å²) in [6, 6.07) is 13.5. The Morgan fingerprint density at radius 3 is 2.28 bits per heavy atom. The number of carbonyl (C=O) groups is 3. The molecule has 3 aromatic carbocycles. The number of carbonyl (C=O) groups excluding carboxylic acids is 3. The van der Waals surface area contributed by atoms with E-state index in [2.05, 4.69) is 5.32 Å². The Hall–Kier alpha value is -3.71. The molecule has 0 unspecified atom stereocenters. The number of hydrogen-bond donors (Lipinski definition) is 1. The van der Waals surface area contributed by atoms with Gasteiger partial charge in [0.15, 0.2) is 11.5 Å². The number of nitrogens with zero attached hydrogens (tertiary/aromatic N) is 1. The summed E-state index contributed by atoms with van der Waals surface area (Å²) in [7, 11) is -4.16. The van der Waals surface area contributed by atoms with Gasteiger partial charge < -0.3 is 8.92 Å². The molecule has 4 rings (SSSR count). The van der Waals surface area contributed by atoms with Gasteiger partial charge in [-0.3, -0.25) is 14.9 Å². The monoisotopic (exact) mass is 660 g/mol. The molecule has 9 nitrogen and oxygen atoms in total. The molecule has 1 N–H and O–H groups in total. The summed E-state index contributed by atoms with van der Waals surface area (Å²) in [5.41, 5.74) is 3.19. The second-order valence-electron chi connectivity index (χ2n) is 8.84. The molecule has 0 bridgehead atoms. The Morgan fingerprint density at radius 1 is 0.949 bits per heavy atom. The molecule has 0 aliphatic carbocycles. The molecular weight excluding hydrogens is 635 g/mol. The molecule has 1 aliphatic rings. The number of nitrogens with one attached hydrogen (secondary N) is 1. The van der Waals surface area contributed by atoms with Crippen molar-refractivity contribution in [2.45, 2.75) is 32.6 Å². The van der Waals surface area contributed by atoms with Gasteiger partial charge in [-0.1, -0.05) is 23.8 Å². The molecule has 1 fully saturated rings. The summed E-state index contributed by atoms with van der Waals surface area (Å²) in [6.45, 7) is 7.53. The van der Waals surface area contributed by atoms with Gasteiger partial charge in [-0.2, -0.15) is 8.42 Å². The summed E-state index contributed by atoms with van der Waals surface area (Å²) in [5, 5.41) is 2.20. The van der Waals surface area contributed by atoms with Crippen LogP contribution in [0, 0.1) is 24.3 Å². The molecule has 0 atom stereocenters. The van der Waals surface area contributed by atoms with Gasteiger partial charge in [0.2, 0.25) is 0 Å². The van der Waals surface area contributed by atoms with E-state index >= 15 is 0 Å². The third-order valence-electron chi connectivity index (χ3n) is 6.00. The van der Waals surface area contributed by atoms with Crippen LogP contribution >= 0.6 is 22.6 Å². The van der Waals surface area contributed by atoms with E-state index in [-0.39, 0.29) is 28.6 Å². The van der Waals surface area contributed by atoms with E-state index < -0.39 is 28.0 Å². The predicted molar refractivity (Wildman–Crippen MR) is 154 cm³/mol. The number of imide groups is 2. The fourth-order valence-corrected chi connectivity index (χ4v) is 5.64. The Labute approximate surface area is 240 Å². The predicted octanol–water partition coefficient (Wildman–Crippen LogP) is 5.05. The number of aryl methyl sites for hydroxylation is 3. The number of hydrogen-bond acceptors (Lipinski definition) is 7. The molecule has 1 heterocycles. The zero-order valence-electron chi connectivity index (χ0n) is 21.6. The summed E-state index contributed by atoms with van der Waals surface area (Å²) in [4.78, 5) is 39.4. The van der Waals surface area contributed by atoms with Crippen molar-refractivity contribution in [1.82, 2.24) is 5.32 Å². The Kier molecular flexibility index (Phi) is 8.12. The standard InChI is InChI=1S/C28H25IN2O7S/c1-5-37-24-15-19(14-23(29)25(24)38-39(35,36)21-10-6-16(2)7-11-21)13-22-26(32)30-28(34)31(27(22)33)20-9-8-17(3)18(4)12-20/h6-15H,5H2,1-4H3,(H,30,32,34)/b22-13+. The van der Waals surface area contributed by atoms with Crippen molar-refractivity contribution < 1.29 is 31.7 Å². The fraction of sp³-hybridized carbons (Fsp3) is 0.179. The van der Waals surface area contributed by atoms with Gasteiger partial charge >= 0.3 is 16.1 Å². The maximum atomic E-state index is 13.3. The van der Waals surface area contributed by atoms with Gasteiger partial charge in [-0.05, 0) is 109 Å². The largest absolute Gasteiger partial charge is 0.490 e. The van der Waals surface area contributed by atoms with Crippen LogP contribution in [0.5, 0.6) is 11.5 Å². The first-order chi connectivity index (χ1) is 18.4. The van der Waals surface area contributed by atoms with Crippen molar-refractivity contribution in [2.24, 2.45) is 0 Å². The van der Waals surface area contributed by atoms with E-state index in [0.29, 0.717) is 14.8 Å². The minimum Gasteiger partial charge on any atom is -0.490 e. The van der Waals surface area contributed by atoms with Gasteiger partial charge in [-0.15, -0.1) is 0 Å². The molecule has 0 radical (unpaired) electrons. The third kappa shape index (κ3) is 5.98. The molecule has 202 valence electrons. The number of barbiturate groups is 1. The van der Waals surface area contributed by atoms with Crippen molar-refractivity contribution in [1.29, 1.82) is 0 Å². The SMILES string of the molecule is CCOc1cc(/C=C2\C(=O)NC(=O)N(c3ccc(C)c(C)c3)C2=O)cc(I)c1OS(=O)(=O)c1ccc(C)cc1. The maximum Gasteiger partial charge on any atom is 0.339 e.